The SMILES string of the molecule is CC(NS(=O)(=O)c1ccccc1C(F)(F)F)C1CCCNC1.Cl. The van der Waals surface area contributed by atoms with Gasteiger partial charge in [-0.15, -0.1) is 12.4 Å². The highest BCUT2D eigenvalue weighted by atomic mass is 35.5. The molecular formula is C14H20ClF3N2O2S. The maximum atomic E-state index is 13.0. The van der Waals surface area contributed by atoms with Crippen LogP contribution in [0.3, 0.4) is 0 Å². The zero-order valence-corrected chi connectivity index (χ0v) is 14.2. The highest BCUT2D eigenvalue weighted by Crippen LogP contribution is 2.34. The molecule has 2 N–H and O–H groups in total. The van der Waals surface area contributed by atoms with Gasteiger partial charge in [0.1, 0.15) is 0 Å². The molecule has 0 radical (unpaired) electrons. The largest absolute Gasteiger partial charge is 0.417 e. The van der Waals surface area contributed by atoms with Crippen molar-refractivity contribution in [2.75, 3.05) is 13.1 Å². The first-order valence-corrected chi connectivity index (χ1v) is 8.59. The second-order valence-electron chi connectivity index (χ2n) is 5.51. The van der Waals surface area contributed by atoms with Gasteiger partial charge in [0.15, 0.2) is 0 Å². The van der Waals surface area contributed by atoms with Gasteiger partial charge in [-0.1, -0.05) is 12.1 Å². The van der Waals surface area contributed by atoms with Crippen LogP contribution in [0.25, 0.3) is 0 Å². The van der Waals surface area contributed by atoms with Gasteiger partial charge in [0.05, 0.1) is 10.5 Å². The molecule has 0 aliphatic carbocycles. The summed E-state index contributed by atoms with van der Waals surface area (Å²) in [4.78, 5) is -0.724. The Morgan fingerprint density at radius 3 is 2.52 bits per heavy atom. The Balaban J connectivity index is 0.00000264. The quantitative estimate of drug-likeness (QED) is 0.854. The summed E-state index contributed by atoms with van der Waals surface area (Å²) in [5.74, 6) is 0.0709. The van der Waals surface area contributed by atoms with Crippen molar-refractivity contribution in [3.8, 4) is 0 Å². The standard InChI is InChI=1S/C14H19F3N2O2S.ClH/c1-10(11-5-4-8-18-9-11)19-22(20,21)13-7-3-2-6-12(13)14(15,16)17;/h2-3,6-7,10-11,18-19H,4-5,8-9H2,1H3;1H. The minimum Gasteiger partial charge on any atom is -0.316 e. The van der Waals surface area contributed by atoms with E-state index in [1.165, 1.54) is 12.1 Å². The third-order valence-electron chi connectivity index (χ3n) is 3.87. The Bertz CT molecular complexity index is 617. The van der Waals surface area contributed by atoms with Crippen molar-refractivity contribution in [1.82, 2.24) is 10.0 Å². The van der Waals surface area contributed by atoms with Crippen LogP contribution in [0.5, 0.6) is 0 Å². The molecule has 132 valence electrons. The first-order chi connectivity index (χ1) is 10.2. The first kappa shape index (κ1) is 20.2. The van der Waals surface area contributed by atoms with Gasteiger partial charge in [-0.3, -0.25) is 0 Å². The molecule has 0 amide bonds. The molecule has 1 aromatic carbocycles. The Labute approximate surface area is 140 Å². The van der Waals surface area contributed by atoms with Crippen molar-refractivity contribution in [3.05, 3.63) is 29.8 Å². The molecule has 1 aliphatic rings. The van der Waals surface area contributed by atoms with Crippen LogP contribution < -0.4 is 10.0 Å². The molecule has 1 heterocycles. The molecule has 0 spiro atoms. The van der Waals surface area contributed by atoms with Crippen molar-refractivity contribution in [2.45, 2.75) is 36.9 Å². The average Bonchev–Trinajstić information content (AvgIpc) is 2.47. The molecule has 4 nitrogen and oxygen atoms in total. The third-order valence-corrected chi connectivity index (χ3v) is 5.48. The van der Waals surface area contributed by atoms with Gasteiger partial charge < -0.3 is 5.32 Å². The van der Waals surface area contributed by atoms with Crippen LogP contribution in [0.1, 0.15) is 25.3 Å². The van der Waals surface area contributed by atoms with Crippen LogP contribution in [0, 0.1) is 5.92 Å². The molecule has 9 heteroatoms. The minimum absolute atomic E-state index is 0. The number of benzene rings is 1. The molecule has 1 fully saturated rings. The second-order valence-corrected chi connectivity index (χ2v) is 7.19. The van der Waals surface area contributed by atoms with E-state index < -0.39 is 32.7 Å². The normalized spacial score (nSPS) is 20.6. The number of rotatable bonds is 4. The molecular weight excluding hydrogens is 353 g/mol. The highest BCUT2D eigenvalue weighted by Gasteiger charge is 2.37. The van der Waals surface area contributed by atoms with Crippen molar-refractivity contribution in [1.29, 1.82) is 0 Å². The van der Waals surface area contributed by atoms with E-state index in [4.69, 9.17) is 0 Å². The van der Waals surface area contributed by atoms with E-state index in [1.54, 1.807) is 6.92 Å². The third kappa shape index (κ3) is 5.07. The molecule has 0 saturated carbocycles. The van der Waals surface area contributed by atoms with Crippen molar-refractivity contribution in [2.24, 2.45) is 5.92 Å². The maximum absolute atomic E-state index is 13.0. The van der Waals surface area contributed by atoms with Crippen LogP contribution in [0.15, 0.2) is 29.2 Å². The highest BCUT2D eigenvalue weighted by molar-refractivity contribution is 7.89. The van der Waals surface area contributed by atoms with E-state index >= 15 is 0 Å². The van der Waals surface area contributed by atoms with Gasteiger partial charge >= 0.3 is 6.18 Å². The summed E-state index contributed by atoms with van der Waals surface area (Å²) in [6.45, 7) is 3.23. The average molecular weight is 373 g/mol. The maximum Gasteiger partial charge on any atom is 0.417 e. The number of piperidine rings is 1. The summed E-state index contributed by atoms with van der Waals surface area (Å²) < 4.78 is 65.9. The van der Waals surface area contributed by atoms with Gasteiger partial charge in [-0.25, -0.2) is 13.1 Å². The summed E-state index contributed by atoms with van der Waals surface area (Å²) in [5, 5.41) is 3.16. The minimum atomic E-state index is -4.71. The topological polar surface area (TPSA) is 58.2 Å². The van der Waals surface area contributed by atoms with Gasteiger partial charge in [0.2, 0.25) is 10.0 Å². The van der Waals surface area contributed by atoms with Crippen LogP contribution in [0.2, 0.25) is 0 Å². The number of sulfonamides is 1. The summed E-state index contributed by atoms with van der Waals surface area (Å²) in [7, 11) is -4.22. The molecule has 0 bridgehead atoms. The molecule has 1 saturated heterocycles. The van der Waals surface area contributed by atoms with Crippen molar-refractivity contribution in [3.63, 3.8) is 0 Å². The monoisotopic (exact) mass is 372 g/mol. The van der Waals surface area contributed by atoms with Gasteiger partial charge in [0.25, 0.3) is 0 Å². The Morgan fingerprint density at radius 2 is 1.96 bits per heavy atom. The molecule has 23 heavy (non-hydrogen) atoms. The van der Waals surface area contributed by atoms with Crippen LogP contribution in [-0.2, 0) is 16.2 Å². The van der Waals surface area contributed by atoms with E-state index in [2.05, 4.69) is 10.0 Å². The van der Waals surface area contributed by atoms with Gasteiger partial charge in [0, 0.05) is 6.04 Å². The first-order valence-electron chi connectivity index (χ1n) is 7.11. The smallest absolute Gasteiger partial charge is 0.316 e. The lowest BCUT2D eigenvalue weighted by molar-refractivity contribution is -0.139. The molecule has 2 atom stereocenters. The zero-order chi connectivity index (χ0) is 16.4. The molecule has 2 rings (SSSR count). The van der Waals surface area contributed by atoms with E-state index in [1.807, 2.05) is 0 Å². The van der Waals surface area contributed by atoms with E-state index in [0.717, 1.165) is 31.5 Å². The lowest BCUT2D eigenvalue weighted by atomic mass is 9.94. The Hall–Kier alpha value is -0.830. The van der Waals surface area contributed by atoms with Crippen molar-refractivity contribution >= 4 is 22.4 Å². The number of nitrogens with one attached hydrogen (secondary N) is 2. The summed E-state index contributed by atoms with van der Waals surface area (Å²) in [6.07, 6.45) is -2.94. The molecule has 2 unspecified atom stereocenters. The van der Waals surface area contributed by atoms with Crippen LogP contribution in [0.4, 0.5) is 13.2 Å². The Kier molecular flexibility index (Phi) is 6.88. The number of hydrogen-bond acceptors (Lipinski definition) is 3. The van der Waals surface area contributed by atoms with E-state index in [0.29, 0.717) is 6.54 Å². The number of alkyl halides is 3. The van der Waals surface area contributed by atoms with E-state index in [-0.39, 0.29) is 18.3 Å². The summed E-state index contributed by atoms with van der Waals surface area (Å²) in [6, 6.07) is 3.80. The van der Waals surface area contributed by atoms with Crippen LogP contribution >= 0.6 is 12.4 Å². The molecule has 1 aliphatic heterocycles. The predicted molar refractivity (Wildman–Crippen MR) is 84.1 cm³/mol. The van der Waals surface area contributed by atoms with Crippen LogP contribution in [-0.4, -0.2) is 27.5 Å². The number of hydrogen-bond donors (Lipinski definition) is 2. The van der Waals surface area contributed by atoms with Gasteiger partial charge in [-0.05, 0) is 50.9 Å². The van der Waals surface area contributed by atoms with Gasteiger partial charge in [-0.2, -0.15) is 13.2 Å². The summed E-state index contributed by atoms with van der Waals surface area (Å²) in [5.41, 5.74) is -1.14. The number of halogens is 4. The lowest BCUT2D eigenvalue weighted by Gasteiger charge is -2.29. The predicted octanol–water partition coefficient (Wildman–Crippen LogP) is 2.79. The second kappa shape index (κ2) is 7.83. The lowest BCUT2D eigenvalue weighted by Crippen LogP contribution is -2.44. The van der Waals surface area contributed by atoms with E-state index in [9.17, 15) is 21.6 Å². The Morgan fingerprint density at radius 1 is 1.30 bits per heavy atom. The zero-order valence-electron chi connectivity index (χ0n) is 12.6. The molecule has 1 aromatic rings. The fourth-order valence-corrected chi connectivity index (χ4v) is 4.19. The molecule has 0 aromatic heterocycles. The fraction of sp³-hybridized carbons (Fsp3) is 0.571. The fourth-order valence-electron chi connectivity index (χ4n) is 2.65. The van der Waals surface area contributed by atoms with Crippen molar-refractivity contribution < 1.29 is 21.6 Å². The summed E-state index contributed by atoms with van der Waals surface area (Å²) >= 11 is 0.